The monoisotopic (exact) mass is 561 g/mol. The van der Waals surface area contributed by atoms with Crippen LogP contribution in [0.4, 0.5) is 4.39 Å². The van der Waals surface area contributed by atoms with Crippen LogP contribution in [0.1, 0.15) is 95.1 Å². The van der Waals surface area contributed by atoms with E-state index in [0.29, 0.717) is 6.61 Å². The van der Waals surface area contributed by atoms with Crippen molar-refractivity contribution in [3.63, 3.8) is 0 Å². The summed E-state index contributed by atoms with van der Waals surface area (Å²) in [6, 6.07) is 9.13. The Morgan fingerprint density at radius 3 is 2.39 bits per heavy atom. The first-order valence-electron chi connectivity index (χ1n) is 14.6. The van der Waals surface area contributed by atoms with Gasteiger partial charge in [-0.3, -0.25) is 9.59 Å². The molecule has 2 aromatic carbocycles. The molecule has 0 aliphatic heterocycles. The Morgan fingerprint density at radius 2 is 1.78 bits per heavy atom. The van der Waals surface area contributed by atoms with Gasteiger partial charge in [0.15, 0.2) is 11.6 Å². The van der Waals surface area contributed by atoms with Crippen LogP contribution in [0.2, 0.25) is 0 Å². The molecule has 8 heteroatoms. The molecule has 218 valence electrons. The quantitative estimate of drug-likeness (QED) is 0.225. The molecular formula is C33H40FN3O4. The number of hydrogen-bond donors (Lipinski definition) is 0. The lowest BCUT2D eigenvalue weighted by Gasteiger charge is -2.29. The number of hydrogen-bond acceptors (Lipinski definition) is 5. The topological polar surface area (TPSA) is 75.3 Å². The minimum absolute atomic E-state index is 0.0740. The molecule has 41 heavy (non-hydrogen) atoms. The second-order valence-corrected chi connectivity index (χ2v) is 12.4. The average molecular weight is 562 g/mol. The Kier molecular flexibility index (Phi) is 7.70. The summed E-state index contributed by atoms with van der Waals surface area (Å²) < 4.78 is 28.9. The normalized spacial score (nSPS) is 17.9. The van der Waals surface area contributed by atoms with Gasteiger partial charge in [0.2, 0.25) is 0 Å². The first-order chi connectivity index (χ1) is 19.5. The van der Waals surface area contributed by atoms with Gasteiger partial charge in [-0.15, -0.1) is 0 Å². The number of ether oxygens (including phenoxy) is 2. The van der Waals surface area contributed by atoms with Crippen molar-refractivity contribution in [1.82, 2.24) is 14.3 Å². The number of carbonyl (C=O) groups is 2. The van der Waals surface area contributed by atoms with E-state index in [1.807, 2.05) is 27.7 Å². The summed E-state index contributed by atoms with van der Waals surface area (Å²) in [4.78, 5) is 25.8. The van der Waals surface area contributed by atoms with Crippen LogP contribution in [0.5, 0.6) is 5.75 Å². The average Bonchev–Trinajstić information content (AvgIpc) is 3.50. The zero-order valence-electron chi connectivity index (χ0n) is 25.1. The predicted octanol–water partition coefficient (Wildman–Crippen LogP) is 7.77. The van der Waals surface area contributed by atoms with Crippen LogP contribution in [0, 0.1) is 17.2 Å². The Balaban J connectivity index is 1.76. The number of aromatic nitrogens is 3. The van der Waals surface area contributed by atoms with Crippen LogP contribution < -0.4 is 4.74 Å². The van der Waals surface area contributed by atoms with Crippen molar-refractivity contribution in [1.29, 1.82) is 0 Å². The van der Waals surface area contributed by atoms with Gasteiger partial charge in [0.1, 0.15) is 0 Å². The minimum Gasteiger partial charge on any atom is -0.494 e. The molecule has 7 nitrogen and oxygen atoms in total. The zero-order chi connectivity index (χ0) is 29.6. The van der Waals surface area contributed by atoms with Crippen LogP contribution in [0.25, 0.3) is 27.5 Å². The fraction of sp³-hybridized carbons (Fsp3) is 0.485. The summed E-state index contributed by atoms with van der Waals surface area (Å²) in [6.45, 7) is 12.3. The number of esters is 1. The van der Waals surface area contributed by atoms with E-state index in [9.17, 15) is 14.0 Å². The molecule has 0 unspecified atom stereocenters. The van der Waals surface area contributed by atoms with Gasteiger partial charge in [0.25, 0.3) is 5.91 Å². The number of benzene rings is 2. The van der Waals surface area contributed by atoms with Crippen molar-refractivity contribution in [2.45, 2.75) is 79.1 Å². The van der Waals surface area contributed by atoms with E-state index < -0.39 is 11.2 Å². The maximum atomic E-state index is 14.5. The molecule has 5 rings (SSSR count). The molecule has 4 aromatic rings. The second-order valence-electron chi connectivity index (χ2n) is 12.4. The molecule has 1 aliphatic rings. The molecular weight excluding hydrogens is 521 g/mol. The van der Waals surface area contributed by atoms with Gasteiger partial charge in [-0.2, -0.15) is 9.78 Å². The van der Waals surface area contributed by atoms with Crippen LogP contribution in [-0.4, -0.2) is 39.9 Å². The van der Waals surface area contributed by atoms with Crippen molar-refractivity contribution in [3.8, 4) is 11.4 Å². The van der Waals surface area contributed by atoms with Gasteiger partial charge in [-0.1, -0.05) is 34.6 Å². The molecule has 1 saturated carbocycles. The maximum absolute atomic E-state index is 14.5. The molecule has 2 heterocycles. The van der Waals surface area contributed by atoms with E-state index in [4.69, 9.17) is 9.47 Å². The van der Waals surface area contributed by atoms with Crippen molar-refractivity contribution in [2.24, 2.45) is 11.3 Å². The van der Waals surface area contributed by atoms with Gasteiger partial charge in [0, 0.05) is 33.6 Å². The Hall–Kier alpha value is -3.68. The third-order valence-corrected chi connectivity index (χ3v) is 8.26. The highest BCUT2D eigenvalue weighted by molar-refractivity contribution is 6.02. The van der Waals surface area contributed by atoms with Crippen molar-refractivity contribution < 1.29 is 23.5 Å². The summed E-state index contributed by atoms with van der Waals surface area (Å²) in [5.74, 6) is -0.137. The van der Waals surface area contributed by atoms with Crippen LogP contribution in [0.15, 0.2) is 36.5 Å². The zero-order valence-corrected chi connectivity index (χ0v) is 25.1. The van der Waals surface area contributed by atoms with E-state index in [2.05, 4.69) is 35.6 Å². The number of carbonyl (C=O) groups excluding carboxylic acids is 2. The van der Waals surface area contributed by atoms with Crippen LogP contribution in [-0.2, 0) is 9.53 Å². The molecule has 2 aromatic heterocycles. The molecule has 0 saturated heterocycles. The summed E-state index contributed by atoms with van der Waals surface area (Å²) in [5.41, 5.74) is 4.31. The van der Waals surface area contributed by atoms with Crippen LogP contribution >= 0.6 is 0 Å². The third kappa shape index (κ3) is 5.13. The SMILES string of the molecule is CCOC(=O)C1CCC(c2c(C(C)C)n(-c3ccc(F)c(OC)c3)c3cc4cnn(C(=O)C(C)(C)C)c4cc23)CC1. The largest absolute Gasteiger partial charge is 0.494 e. The van der Waals surface area contributed by atoms with Gasteiger partial charge in [0.05, 0.1) is 36.9 Å². The van der Waals surface area contributed by atoms with Gasteiger partial charge >= 0.3 is 5.97 Å². The van der Waals surface area contributed by atoms with Gasteiger partial charge < -0.3 is 14.0 Å². The molecule has 0 bridgehead atoms. The number of fused-ring (bicyclic) bond motifs is 2. The summed E-state index contributed by atoms with van der Waals surface area (Å²) >= 11 is 0. The van der Waals surface area contributed by atoms with Crippen molar-refractivity contribution in [2.75, 3.05) is 13.7 Å². The molecule has 0 spiro atoms. The van der Waals surface area contributed by atoms with Gasteiger partial charge in [-0.25, -0.2) is 4.39 Å². The fourth-order valence-electron chi connectivity index (χ4n) is 6.27. The lowest BCUT2D eigenvalue weighted by Crippen LogP contribution is -2.27. The summed E-state index contributed by atoms with van der Waals surface area (Å²) in [7, 11) is 1.47. The number of rotatable bonds is 6. The van der Waals surface area contributed by atoms with E-state index in [0.717, 1.165) is 58.9 Å². The standard InChI is InChI=1S/C33H40FN3O4/c1-8-41-31(38)21-11-9-20(10-12-21)29-24-17-26-22(18-35-37(26)32(39)33(4,5)6)15-27(24)36(30(29)19(2)3)23-13-14-25(34)28(16-23)40-7/h13-21H,8-12H2,1-7H3. The third-order valence-electron chi connectivity index (χ3n) is 8.26. The molecule has 0 atom stereocenters. The van der Waals surface area contributed by atoms with E-state index in [1.54, 1.807) is 18.3 Å². The Labute approximate surface area is 240 Å². The number of halogens is 1. The van der Waals surface area contributed by atoms with Crippen molar-refractivity contribution >= 4 is 33.7 Å². The first kappa shape index (κ1) is 28.8. The lowest BCUT2D eigenvalue weighted by molar-refractivity contribution is -0.149. The molecule has 1 aliphatic carbocycles. The predicted molar refractivity (Wildman–Crippen MR) is 159 cm³/mol. The fourth-order valence-corrected chi connectivity index (χ4v) is 6.27. The van der Waals surface area contributed by atoms with E-state index in [-0.39, 0.29) is 35.4 Å². The van der Waals surface area contributed by atoms with E-state index >= 15 is 0 Å². The maximum Gasteiger partial charge on any atom is 0.308 e. The highest BCUT2D eigenvalue weighted by atomic mass is 19.1. The molecule has 0 N–H and O–H groups in total. The van der Waals surface area contributed by atoms with Crippen molar-refractivity contribution in [3.05, 3.63) is 53.6 Å². The lowest BCUT2D eigenvalue weighted by atomic mass is 9.77. The molecule has 1 fully saturated rings. The Morgan fingerprint density at radius 1 is 1.07 bits per heavy atom. The van der Waals surface area contributed by atoms with Crippen LogP contribution in [0.3, 0.4) is 0 Å². The Bertz CT molecular complexity index is 1620. The number of nitrogens with zero attached hydrogens (tertiary/aromatic N) is 3. The summed E-state index contributed by atoms with van der Waals surface area (Å²) in [5, 5.41) is 6.39. The van der Waals surface area contributed by atoms with Gasteiger partial charge in [-0.05, 0) is 74.3 Å². The molecule has 0 amide bonds. The second kappa shape index (κ2) is 11.0. The highest BCUT2D eigenvalue weighted by Crippen LogP contribution is 2.46. The first-order valence-corrected chi connectivity index (χ1v) is 14.6. The van der Waals surface area contributed by atoms with E-state index in [1.165, 1.54) is 23.4 Å². The smallest absolute Gasteiger partial charge is 0.308 e. The minimum atomic E-state index is -0.595. The molecule has 0 radical (unpaired) electrons. The highest BCUT2D eigenvalue weighted by Gasteiger charge is 2.34. The number of methoxy groups -OCH3 is 1. The summed E-state index contributed by atoms with van der Waals surface area (Å²) in [6.07, 6.45) is 4.97.